The summed E-state index contributed by atoms with van der Waals surface area (Å²) < 4.78 is 11.5. The van der Waals surface area contributed by atoms with Gasteiger partial charge in [-0.25, -0.2) is 0 Å². The Morgan fingerprint density at radius 1 is 0.609 bits per heavy atom. The van der Waals surface area contributed by atoms with Crippen molar-refractivity contribution in [2.45, 2.75) is 13.8 Å². The Morgan fingerprint density at radius 2 is 1.00 bits per heavy atom. The molecule has 0 bridgehead atoms. The average Bonchev–Trinajstić information content (AvgIpc) is 2.55. The van der Waals surface area contributed by atoms with Crippen molar-refractivity contribution in [3.63, 3.8) is 0 Å². The Labute approximate surface area is 135 Å². The van der Waals surface area contributed by atoms with E-state index in [-0.39, 0.29) is 5.75 Å². The van der Waals surface area contributed by atoms with Gasteiger partial charge < -0.3 is 14.6 Å². The van der Waals surface area contributed by atoms with Gasteiger partial charge in [-0.1, -0.05) is 41.5 Å². The minimum atomic E-state index is -0.0198. The molecular formula is C20H18O3. The van der Waals surface area contributed by atoms with Crippen LogP contribution in [0.1, 0.15) is 11.1 Å². The van der Waals surface area contributed by atoms with Gasteiger partial charge in [-0.15, -0.1) is 0 Å². The van der Waals surface area contributed by atoms with Crippen LogP contribution in [0, 0.1) is 13.8 Å². The zero-order valence-electron chi connectivity index (χ0n) is 13.1. The number of phenols is 1. The van der Waals surface area contributed by atoms with Crippen LogP contribution < -0.4 is 9.47 Å². The van der Waals surface area contributed by atoms with Crippen molar-refractivity contribution >= 4 is 0 Å². The maximum Gasteiger partial charge on any atom is 0.202 e. The third-order valence-electron chi connectivity index (χ3n) is 3.46. The smallest absolute Gasteiger partial charge is 0.202 e. The Morgan fingerprint density at radius 3 is 1.39 bits per heavy atom. The predicted octanol–water partition coefficient (Wildman–Crippen LogP) is 5.59. The molecule has 116 valence electrons. The van der Waals surface area contributed by atoms with E-state index in [1.165, 1.54) is 0 Å². The number of rotatable bonds is 4. The van der Waals surface area contributed by atoms with E-state index in [0.29, 0.717) is 23.0 Å². The lowest BCUT2D eigenvalue weighted by Gasteiger charge is -2.12. The van der Waals surface area contributed by atoms with E-state index in [9.17, 15) is 5.11 Å². The molecule has 0 aliphatic carbocycles. The van der Waals surface area contributed by atoms with Crippen molar-refractivity contribution in [1.29, 1.82) is 0 Å². The van der Waals surface area contributed by atoms with E-state index in [2.05, 4.69) is 0 Å². The first kappa shape index (κ1) is 15.0. The summed E-state index contributed by atoms with van der Waals surface area (Å²) in [7, 11) is 0. The van der Waals surface area contributed by atoms with Gasteiger partial charge in [0.15, 0.2) is 11.5 Å². The number of ether oxygens (including phenoxy) is 2. The zero-order chi connectivity index (χ0) is 16.2. The van der Waals surface area contributed by atoms with Crippen LogP contribution in [0.3, 0.4) is 0 Å². The van der Waals surface area contributed by atoms with E-state index >= 15 is 0 Å². The fraction of sp³-hybridized carbons (Fsp3) is 0.100. The number of hydrogen-bond acceptors (Lipinski definition) is 3. The van der Waals surface area contributed by atoms with Gasteiger partial charge in [0.2, 0.25) is 5.75 Å². The monoisotopic (exact) mass is 306 g/mol. The maximum atomic E-state index is 10.4. The van der Waals surface area contributed by atoms with Crippen LogP contribution in [-0.2, 0) is 0 Å². The predicted molar refractivity (Wildman–Crippen MR) is 90.6 cm³/mol. The summed E-state index contributed by atoms with van der Waals surface area (Å²) in [5.74, 6) is 2.03. The van der Waals surface area contributed by atoms with Crippen molar-refractivity contribution in [3.8, 4) is 28.7 Å². The molecule has 0 aliphatic heterocycles. The first-order chi connectivity index (χ1) is 11.1. The molecule has 0 unspecified atom stereocenters. The Balaban J connectivity index is 1.83. The van der Waals surface area contributed by atoms with Crippen molar-refractivity contribution in [3.05, 3.63) is 77.9 Å². The van der Waals surface area contributed by atoms with Gasteiger partial charge in [-0.2, -0.15) is 0 Å². The number of phenolic OH excluding ortho intramolecular Hbond substituents is 1. The second-order valence-electron chi connectivity index (χ2n) is 5.43. The number of aryl methyl sites for hydroxylation is 2. The fourth-order valence-electron chi connectivity index (χ4n) is 2.13. The number of benzene rings is 3. The summed E-state index contributed by atoms with van der Waals surface area (Å²) in [5.41, 5.74) is 2.30. The highest BCUT2D eigenvalue weighted by molar-refractivity contribution is 5.53. The van der Waals surface area contributed by atoms with E-state index in [1.54, 1.807) is 18.2 Å². The molecule has 3 nitrogen and oxygen atoms in total. The number of para-hydroxylation sites is 1. The summed E-state index contributed by atoms with van der Waals surface area (Å²) >= 11 is 0. The summed E-state index contributed by atoms with van der Waals surface area (Å²) in [6.07, 6.45) is 0. The largest absolute Gasteiger partial charge is 0.502 e. The molecule has 3 rings (SSSR count). The molecule has 0 aromatic heterocycles. The Kier molecular flexibility index (Phi) is 4.20. The van der Waals surface area contributed by atoms with Crippen LogP contribution in [0.2, 0.25) is 0 Å². The van der Waals surface area contributed by atoms with Gasteiger partial charge in [-0.05, 0) is 50.2 Å². The van der Waals surface area contributed by atoms with Gasteiger partial charge in [0.1, 0.15) is 11.5 Å². The molecule has 3 aromatic carbocycles. The molecule has 0 spiro atoms. The third-order valence-corrected chi connectivity index (χ3v) is 3.46. The highest BCUT2D eigenvalue weighted by Gasteiger charge is 2.11. The molecule has 1 N–H and O–H groups in total. The minimum Gasteiger partial charge on any atom is -0.502 e. The Hall–Kier alpha value is -2.94. The van der Waals surface area contributed by atoms with E-state index in [0.717, 1.165) is 11.1 Å². The van der Waals surface area contributed by atoms with E-state index < -0.39 is 0 Å². The lowest BCUT2D eigenvalue weighted by molar-refractivity contribution is 0.378. The number of aromatic hydroxyl groups is 1. The van der Waals surface area contributed by atoms with Crippen molar-refractivity contribution in [2.75, 3.05) is 0 Å². The summed E-state index contributed by atoms with van der Waals surface area (Å²) in [6.45, 7) is 4.02. The molecular weight excluding hydrogens is 288 g/mol. The normalized spacial score (nSPS) is 10.3. The summed E-state index contributed by atoms with van der Waals surface area (Å²) in [5, 5.41) is 10.4. The van der Waals surface area contributed by atoms with Gasteiger partial charge in [-0.3, -0.25) is 0 Å². The second-order valence-corrected chi connectivity index (χ2v) is 5.43. The number of hydrogen-bond donors (Lipinski definition) is 1. The quantitative estimate of drug-likeness (QED) is 0.682. The first-order valence-corrected chi connectivity index (χ1v) is 7.43. The van der Waals surface area contributed by atoms with Gasteiger partial charge in [0.25, 0.3) is 0 Å². The lowest BCUT2D eigenvalue weighted by atomic mass is 10.2. The van der Waals surface area contributed by atoms with E-state index in [4.69, 9.17) is 9.47 Å². The SMILES string of the molecule is Cc1ccc(Oc2cccc(Oc3ccc(C)cc3)c2O)cc1. The van der Waals surface area contributed by atoms with Gasteiger partial charge >= 0.3 is 0 Å². The summed E-state index contributed by atoms with van der Waals surface area (Å²) in [4.78, 5) is 0. The Bertz CT molecular complexity index is 724. The fourth-order valence-corrected chi connectivity index (χ4v) is 2.13. The van der Waals surface area contributed by atoms with Crippen molar-refractivity contribution < 1.29 is 14.6 Å². The third kappa shape index (κ3) is 3.64. The first-order valence-electron chi connectivity index (χ1n) is 7.43. The highest BCUT2D eigenvalue weighted by Crippen LogP contribution is 2.40. The molecule has 3 heteroatoms. The van der Waals surface area contributed by atoms with Crippen LogP contribution in [-0.4, -0.2) is 5.11 Å². The molecule has 0 saturated carbocycles. The molecule has 23 heavy (non-hydrogen) atoms. The van der Waals surface area contributed by atoms with Crippen molar-refractivity contribution in [1.82, 2.24) is 0 Å². The van der Waals surface area contributed by atoms with Crippen LogP contribution in [0.25, 0.3) is 0 Å². The topological polar surface area (TPSA) is 38.7 Å². The molecule has 0 aliphatic rings. The van der Waals surface area contributed by atoms with Crippen LogP contribution in [0.4, 0.5) is 0 Å². The van der Waals surface area contributed by atoms with Crippen LogP contribution in [0.5, 0.6) is 28.7 Å². The second kappa shape index (κ2) is 6.44. The molecule has 0 radical (unpaired) electrons. The molecule has 0 atom stereocenters. The van der Waals surface area contributed by atoms with Gasteiger partial charge in [0, 0.05) is 0 Å². The van der Waals surface area contributed by atoms with Gasteiger partial charge in [0.05, 0.1) is 0 Å². The standard InChI is InChI=1S/C20H18O3/c1-14-6-10-16(11-7-14)22-18-4-3-5-19(20(18)21)23-17-12-8-15(2)9-13-17/h3-13,21H,1-2H3. The minimum absolute atomic E-state index is 0.0198. The van der Waals surface area contributed by atoms with Crippen LogP contribution in [0.15, 0.2) is 66.7 Å². The highest BCUT2D eigenvalue weighted by atomic mass is 16.5. The molecule has 3 aromatic rings. The zero-order valence-corrected chi connectivity index (χ0v) is 13.1. The van der Waals surface area contributed by atoms with Crippen LogP contribution >= 0.6 is 0 Å². The molecule has 0 fully saturated rings. The average molecular weight is 306 g/mol. The van der Waals surface area contributed by atoms with E-state index in [1.807, 2.05) is 62.4 Å². The molecule has 0 amide bonds. The molecule has 0 heterocycles. The lowest BCUT2D eigenvalue weighted by Crippen LogP contribution is -1.89. The van der Waals surface area contributed by atoms with Crippen molar-refractivity contribution in [2.24, 2.45) is 0 Å². The maximum absolute atomic E-state index is 10.4. The summed E-state index contributed by atoms with van der Waals surface area (Å²) in [6, 6.07) is 20.5. The molecule has 0 saturated heterocycles.